The summed E-state index contributed by atoms with van der Waals surface area (Å²) in [5.74, 6) is -1.06. The standard InChI is InChI=1S/C11H8F2N2/c12-7-3-1-4-8(13)11(7)9-5-2-6-10(14)15-9/h1-6H,(H2,14,15). The molecule has 2 rings (SSSR count). The average Bonchev–Trinajstić information content (AvgIpc) is 2.17. The van der Waals surface area contributed by atoms with Gasteiger partial charge in [0.25, 0.3) is 0 Å². The molecule has 0 amide bonds. The Hall–Kier alpha value is -1.97. The van der Waals surface area contributed by atoms with Crippen molar-refractivity contribution in [3.63, 3.8) is 0 Å². The molecular formula is C11H8F2N2. The Bertz CT molecular complexity index is 477. The van der Waals surface area contributed by atoms with Crippen LogP contribution in [0.3, 0.4) is 0 Å². The number of aromatic nitrogens is 1. The number of pyridine rings is 1. The molecule has 1 aromatic heterocycles. The molecular weight excluding hydrogens is 198 g/mol. The van der Waals surface area contributed by atoms with Crippen molar-refractivity contribution in [1.82, 2.24) is 4.98 Å². The summed E-state index contributed by atoms with van der Waals surface area (Å²) in [6, 6.07) is 8.34. The highest BCUT2D eigenvalue weighted by Crippen LogP contribution is 2.24. The topological polar surface area (TPSA) is 38.9 Å². The smallest absolute Gasteiger partial charge is 0.135 e. The quantitative estimate of drug-likeness (QED) is 0.778. The summed E-state index contributed by atoms with van der Waals surface area (Å²) in [4.78, 5) is 3.86. The Morgan fingerprint density at radius 1 is 0.933 bits per heavy atom. The summed E-state index contributed by atoms with van der Waals surface area (Å²) in [6.07, 6.45) is 0. The van der Waals surface area contributed by atoms with Crippen LogP contribution < -0.4 is 5.73 Å². The zero-order valence-corrected chi connectivity index (χ0v) is 7.74. The van der Waals surface area contributed by atoms with E-state index in [9.17, 15) is 8.78 Å². The molecule has 0 saturated heterocycles. The third-order valence-electron chi connectivity index (χ3n) is 1.99. The van der Waals surface area contributed by atoms with Crippen molar-refractivity contribution in [3.05, 3.63) is 48.0 Å². The number of nitrogens with two attached hydrogens (primary N) is 1. The molecule has 1 aromatic carbocycles. The summed E-state index contributed by atoms with van der Waals surface area (Å²) in [5, 5.41) is 0. The Kier molecular flexibility index (Phi) is 2.33. The van der Waals surface area contributed by atoms with Crippen molar-refractivity contribution >= 4 is 5.82 Å². The van der Waals surface area contributed by atoms with Gasteiger partial charge in [-0.1, -0.05) is 12.1 Å². The van der Waals surface area contributed by atoms with Crippen LogP contribution >= 0.6 is 0 Å². The lowest BCUT2D eigenvalue weighted by molar-refractivity contribution is 0.589. The predicted octanol–water partition coefficient (Wildman–Crippen LogP) is 2.61. The van der Waals surface area contributed by atoms with Crippen LogP contribution in [0.2, 0.25) is 0 Å². The van der Waals surface area contributed by atoms with Crippen LogP contribution in [0.15, 0.2) is 36.4 Å². The van der Waals surface area contributed by atoms with Crippen LogP contribution in [0.5, 0.6) is 0 Å². The van der Waals surface area contributed by atoms with Gasteiger partial charge in [-0.2, -0.15) is 0 Å². The lowest BCUT2D eigenvalue weighted by atomic mass is 10.1. The number of hydrogen-bond acceptors (Lipinski definition) is 2. The average molecular weight is 206 g/mol. The second kappa shape index (κ2) is 3.65. The van der Waals surface area contributed by atoms with Crippen molar-refractivity contribution in [1.29, 1.82) is 0 Å². The number of nitrogens with zero attached hydrogens (tertiary/aromatic N) is 1. The van der Waals surface area contributed by atoms with Gasteiger partial charge in [0.05, 0.1) is 11.3 Å². The van der Waals surface area contributed by atoms with E-state index in [2.05, 4.69) is 4.98 Å². The highest BCUT2D eigenvalue weighted by molar-refractivity contribution is 5.62. The van der Waals surface area contributed by atoms with E-state index >= 15 is 0 Å². The molecule has 0 aliphatic rings. The Morgan fingerprint density at radius 3 is 2.13 bits per heavy atom. The van der Waals surface area contributed by atoms with Crippen LogP contribution in [-0.2, 0) is 0 Å². The highest BCUT2D eigenvalue weighted by Gasteiger charge is 2.11. The van der Waals surface area contributed by atoms with Gasteiger partial charge in [-0.25, -0.2) is 13.8 Å². The molecule has 2 aromatic rings. The fraction of sp³-hybridized carbons (Fsp3) is 0. The van der Waals surface area contributed by atoms with E-state index in [1.807, 2.05) is 0 Å². The molecule has 76 valence electrons. The second-order valence-corrected chi connectivity index (χ2v) is 3.04. The summed E-state index contributed by atoms with van der Waals surface area (Å²) < 4.78 is 26.7. The first-order chi connectivity index (χ1) is 7.18. The highest BCUT2D eigenvalue weighted by atomic mass is 19.1. The van der Waals surface area contributed by atoms with Gasteiger partial charge < -0.3 is 5.73 Å². The van der Waals surface area contributed by atoms with E-state index in [0.29, 0.717) is 0 Å². The molecule has 2 N–H and O–H groups in total. The molecule has 0 bridgehead atoms. The van der Waals surface area contributed by atoms with Crippen molar-refractivity contribution < 1.29 is 8.78 Å². The molecule has 0 radical (unpaired) electrons. The molecule has 0 spiro atoms. The zero-order valence-electron chi connectivity index (χ0n) is 7.74. The van der Waals surface area contributed by atoms with Gasteiger partial charge in [-0.3, -0.25) is 0 Å². The van der Waals surface area contributed by atoms with E-state index < -0.39 is 11.6 Å². The molecule has 1 heterocycles. The summed E-state index contributed by atoms with van der Waals surface area (Å²) in [5.41, 5.74) is 5.49. The molecule has 0 aliphatic heterocycles. The van der Waals surface area contributed by atoms with Crippen molar-refractivity contribution in [2.45, 2.75) is 0 Å². The van der Waals surface area contributed by atoms with Gasteiger partial charge >= 0.3 is 0 Å². The Labute approximate surface area is 85.4 Å². The first kappa shape index (κ1) is 9.58. The van der Waals surface area contributed by atoms with Crippen LogP contribution in [0.4, 0.5) is 14.6 Å². The Balaban J connectivity index is 2.63. The molecule has 0 aliphatic carbocycles. The monoisotopic (exact) mass is 206 g/mol. The fourth-order valence-electron chi connectivity index (χ4n) is 1.33. The molecule has 2 nitrogen and oxygen atoms in total. The molecule has 0 saturated carbocycles. The van der Waals surface area contributed by atoms with E-state index in [1.54, 1.807) is 12.1 Å². The number of rotatable bonds is 1. The molecule has 0 fully saturated rings. The summed E-state index contributed by atoms with van der Waals surface area (Å²) >= 11 is 0. The number of benzene rings is 1. The van der Waals surface area contributed by atoms with E-state index in [4.69, 9.17) is 5.73 Å². The maximum atomic E-state index is 13.3. The molecule has 0 unspecified atom stereocenters. The SMILES string of the molecule is Nc1cccc(-c2c(F)cccc2F)n1. The van der Waals surface area contributed by atoms with Crippen LogP contribution in [-0.4, -0.2) is 4.98 Å². The van der Waals surface area contributed by atoms with Gasteiger partial charge in [-0.05, 0) is 24.3 Å². The van der Waals surface area contributed by atoms with Gasteiger partial charge in [-0.15, -0.1) is 0 Å². The summed E-state index contributed by atoms with van der Waals surface area (Å²) in [7, 11) is 0. The van der Waals surface area contributed by atoms with Crippen LogP contribution in [0.1, 0.15) is 0 Å². The van der Waals surface area contributed by atoms with Gasteiger partial charge in [0.2, 0.25) is 0 Å². The fourth-order valence-corrected chi connectivity index (χ4v) is 1.33. The maximum absolute atomic E-state index is 13.3. The van der Waals surface area contributed by atoms with Crippen molar-refractivity contribution in [2.24, 2.45) is 0 Å². The Morgan fingerprint density at radius 2 is 1.53 bits per heavy atom. The minimum absolute atomic E-state index is 0.148. The normalized spacial score (nSPS) is 10.3. The third kappa shape index (κ3) is 1.79. The van der Waals surface area contributed by atoms with Crippen LogP contribution in [0.25, 0.3) is 11.3 Å². The van der Waals surface area contributed by atoms with Gasteiger partial charge in [0, 0.05) is 0 Å². The number of anilines is 1. The first-order valence-electron chi connectivity index (χ1n) is 4.35. The minimum atomic E-state index is -0.645. The number of hydrogen-bond donors (Lipinski definition) is 1. The van der Waals surface area contributed by atoms with Gasteiger partial charge in [0.1, 0.15) is 17.5 Å². The first-order valence-corrected chi connectivity index (χ1v) is 4.35. The van der Waals surface area contributed by atoms with Crippen LogP contribution in [0, 0.1) is 11.6 Å². The summed E-state index contributed by atoms with van der Waals surface area (Å²) in [6.45, 7) is 0. The third-order valence-corrected chi connectivity index (χ3v) is 1.99. The lowest BCUT2D eigenvalue weighted by Gasteiger charge is -2.04. The molecule has 0 atom stereocenters. The van der Waals surface area contributed by atoms with Gasteiger partial charge in [0.15, 0.2) is 0 Å². The van der Waals surface area contributed by atoms with E-state index in [0.717, 1.165) is 0 Å². The largest absolute Gasteiger partial charge is 0.384 e. The van der Waals surface area contributed by atoms with E-state index in [-0.39, 0.29) is 17.1 Å². The molecule has 15 heavy (non-hydrogen) atoms. The predicted molar refractivity (Wildman–Crippen MR) is 54.0 cm³/mol. The van der Waals surface area contributed by atoms with E-state index in [1.165, 1.54) is 24.3 Å². The lowest BCUT2D eigenvalue weighted by Crippen LogP contribution is -1.95. The number of halogens is 2. The number of nitrogen functional groups attached to an aromatic ring is 1. The molecule has 4 heteroatoms. The second-order valence-electron chi connectivity index (χ2n) is 3.04. The maximum Gasteiger partial charge on any atom is 0.135 e. The van der Waals surface area contributed by atoms with Crippen molar-refractivity contribution in [2.75, 3.05) is 5.73 Å². The zero-order chi connectivity index (χ0) is 10.8. The minimum Gasteiger partial charge on any atom is -0.384 e. The van der Waals surface area contributed by atoms with Crippen molar-refractivity contribution in [3.8, 4) is 11.3 Å².